The summed E-state index contributed by atoms with van der Waals surface area (Å²) in [5.41, 5.74) is 13.8. The second-order valence-corrected chi connectivity index (χ2v) is 4.99. The van der Waals surface area contributed by atoms with Crippen molar-refractivity contribution in [3.63, 3.8) is 0 Å². The molecule has 0 atom stereocenters. The van der Waals surface area contributed by atoms with E-state index in [0.717, 1.165) is 22.1 Å². The number of nitrogens with zero attached hydrogens (tertiary/aromatic N) is 4. The molecule has 0 radical (unpaired) electrons. The minimum Gasteiger partial charge on any atom is -0.264 e. The van der Waals surface area contributed by atoms with E-state index in [0.29, 0.717) is 5.69 Å². The van der Waals surface area contributed by atoms with Crippen molar-refractivity contribution in [3.05, 3.63) is 70.4 Å². The lowest BCUT2D eigenvalue weighted by atomic mass is 9.92. The highest BCUT2D eigenvalue weighted by Gasteiger charge is 2.11. The summed E-state index contributed by atoms with van der Waals surface area (Å²) in [6, 6.07) is 11.8. The van der Waals surface area contributed by atoms with Gasteiger partial charge in [-0.05, 0) is 53.1 Å². The van der Waals surface area contributed by atoms with Crippen LogP contribution in [0.5, 0.6) is 0 Å². The fraction of sp³-hybridized carbons (Fsp3) is 0.118. The van der Waals surface area contributed by atoms with Gasteiger partial charge in [-0.3, -0.25) is 4.98 Å². The van der Waals surface area contributed by atoms with Crippen molar-refractivity contribution in [1.29, 1.82) is 0 Å². The Morgan fingerprint density at radius 3 is 2.67 bits per heavy atom. The molecule has 0 spiro atoms. The predicted octanol–water partition coefficient (Wildman–Crippen LogP) is 5.46. The average molecular weight is 274 g/mol. The van der Waals surface area contributed by atoms with Gasteiger partial charge in [0.05, 0.1) is 0 Å². The Labute approximate surface area is 122 Å². The van der Waals surface area contributed by atoms with Crippen LogP contribution in [-0.4, -0.2) is 4.98 Å². The van der Waals surface area contributed by atoms with Crippen LogP contribution in [0.2, 0.25) is 0 Å². The third kappa shape index (κ3) is 2.22. The van der Waals surface area contributed by atoms with Gasteiger partial charge in [-0.25, -0.2) is 0 Å². The van der Waals surface area contributed by atoms with Crippen molar-refractivity contribution < 1.29 is 0 Å². The number of hydrogen-bond acceptors (Lipinski definition) is 2. The SMILES string of the molecule is Cc1cc(-c2ccccc2N=[N+]=[N-])c(C)c2ccncc12. The second-order valence-electron chi connectivity index (χ2n) is 4.99. The van der Waals surface area contributed by atoms with E-state index < -0.39 is 0 Å². The van der Waals surface area contributed by atoms with Crippen LogP contribution in [-0.2, 0) is 0 Å². The van der Waals surface area contributed by atoms with Gasteiger partial charge in [0.15, 0.2) is 0 Å². The summed E-state index contributed by atoms with van der Waals surface area (Å²) in [5.74, 6) is 0. The molecule has 4 nitrogen and oxygen atoms in total. The van der Waals surface area contributed by atoms with Gasteiger partial charge in [0.25, 0.3) is 0 Å². The van der Waals surface area contributed by atoms with E-state index in [1.807, 2.05) is 36.5 Å². The number of benzene rings is 2. The zero-order valence-electron chi connectivity index (χ0n) is 11.9. The van der Waals surface area contributed by atoms with Crippen molar-refractivity contribution >= 4 is 16.5 Å². The Morgan fingerprint density at radius 1 is 1.05 bits per heavy atom. The maximum Gasteiger partial charge on any atom is 0.0453 e. The Morgan fingerprint density at radius 2 is 1.86 bits per heavy atom. The van der Waals surface area contributed by atoms with E-state index in [2.05, 4.69) is 34.9 Å². The monoisotopic (exact) mass is 274 g/mol. The quantitative estimate of drug-likeness (QED) is 0.347. The van der Waals surface area contributed by atoms with Crippen LogP contribution in [0.4, 0.5) is 5.69 Å². The largest absolute Gasteiger partial charge is 0.264 e. The van der Waals surface area contributed by atoms with Crippen molar-refractivity contribution in [2.45, 2.75) is 13.8 Å². The van der Waals surface area contributed by atoms with Crippen molar-refractivity contribution in [3.8, 4) is 11.1 Å². The lowest BCUT2D eigenvalue weighted by Gasteiger charge is -2.13. The van der Waals surface area contributed by atoms with E-state index in [-0.39, 0.29) is 0 Å². The van der Waals surface area contributed by atoms with E-state index in [1.54, 1.807) is 6.20 Å². The molecule has 21 heavy (non-hydrogen) atoms. The molecule has 3 aromatic rings. The standard InChI is InChI=1S/C17H14N4/c1-11-9-15(12(2)13-7-8-19-10-16(11)13)14-5-3-4-6-17(14)20-21-18/h3-10H,1-2H3. The Balaban J connectivity index is 2.36. The molecule has 102 valence electrons. The maximum atomic E-state index is 8.74. The van der Waals surface area contributed by atoms with Crippen molar-refractivity contribution in [2.75, 3.05) is 0 Å². The van der Waals surface area contributed by atoms with E-state index in [9.17, 15) is 0 Å². The van der Waals surface area contributed by atoms with Crippen molar-refractivity contribution in [2.24, 2.45) is 5.11 Å². The number of hydrogen-bond donors (Lipinski definition) is 0. The second kappa shape index (κ2) is 5.27. The average Bonchev–Trinajstić information content (AvgIpc) is 2.52. The predicted molar refractivity (Wildman–Crippen MR) is 85.5 cm³/mol. The molecule has 1 aromatic heterocycles. The number of pyridine rings is 1. The number of fused-ring (bicyclic) bond motifs is 1. The molecule has 0 N–H and O–H groups in total. The number of azide groups is 1. The summed E-state index contributed by atoms with van der Waals surface area (Å²) < 4.78 is 0. The first-order valence-electron chi connectivity index (χ1n) is 6.71. The molecule has 0 bridgehead atoms. The van der Waals surface area contributed by atoms with Crippen LogP contribution >= 0.6 is 0 Å². The van der Waals surface area contributed by atoms with Crippen LogP contribution in [0.15, 0.2) is 53.9 Å². The summed E-state index contributed by atoms with van der Waals surface area (Å²) in [7, 11) is 0. The van der Waals surface area contributed by atoms with E-state index in [1.165, 1.54) is 10.9 Å². The van der Waals surface area contributed by atoms with Gasteiger partial charge in [-0.15, -0.1) is 0 Å². The highest BCUT2D eigenvalue weighted by atomic mass is 15.1. The Bertz CT molecular complexity index is 877. The van der Waals surface area contributed by atoms with Crippen LogP contribution < -0.4 is 0 Å². The van der Waals surface area contributed by atoms with Gasteiger partial charge in [0, 0.05) is 28.4 Å². The summed E-state index contributed by atoms with van der Waals surface area (Å²) in [4.78, 5) is 7.12. The summed E-state index contributed by atoms with van der Waals surface area (Å²) in [6.45, 7) is 4.16. The molecular weight excluding hydrogens is 260 g/mol. The highest BCUT2D eigenvalue weighted by Crippen LogP contribution is 2.36. The molecular formula is C17H14N4. The van der Waals surface area contributed by atoms with Gasteiger partial charge in [0.2, 0.25) is 0 Å². The van der Waals surface area contributed by atoms with Gasteiger partial charge >= 0.3 is 0 Å². The molecule has 0 aliphatic heterocycles. The molecule has 0 fully saturated rings. The topological polar surface area (TPSA) is 61.7 Å². The molecule has 0 aliphatic carbocycles. The summed E-state index contributed by atoms with van der Waals surface area (Å²) in [6.07, 6.45) is 3.69. The molecule has 0 amide bonds. The van der Waals surface area contributed by atoms with E-state index >= 15 is 0 Å². The molecule has 0 aliphatic rings. The number of aryl methyl sites for hydroxylation is 2. The molecule has 2 aromatic carbocycles. The first-order valence-corrected chi connectivity index (χ1v) is 6.71. The minimum atomic E-state index is 0.649. The van der Waals surface area contributed by atoms with Gasteiger partial charge in [-0.2, -0.15) is 0 Å². The minimum absolute atomic E-state index is 0.649. The lowest BCUT2D eigenvalue weighted by Crippen LogP contribution is -1.90. The third-order valence-corrected chi connectivity index (χ3v) is 3.76. The Kier molecular flexibility index (Phi) is 3.30. The molecule has 0 saturated carbocycles. The first-order chi connectivity index (χ1) is 10.2. The zero-order valence-corrected chi connectivity index (χ0v) is 11.9. The maximum absolute atomic E-state index is 8.74. The fourth-order valence-electron chi connectivity index (χ4n) is 2.70. The summed E-state index contributed by atoms with van der Waals surface area (Å²) >= 11 is 0. The summed E-state index contributed by atoms with van der Waals surface area (Å²) in [5, 5.41) is 6.13. The molecule has 0 unspecified atom stereocenters. The number of aromatic nitrogens is 1. The van der Waals surface area contributed by atoms with Crippen LogP contribution in [0.1, 0.15) is 11.1 Å². The zero-order chi connectivity index (χ0) is 14.8. The third-order valence-electron chi connectivity index (χ3n) is 3.76. The lowest BCUT2D eigenvalue weighted by molar-refractivity contribution is 1.34. The van der Waals surface area contributed by atoms with Crippen LogP contribution in [0.3, 0.4) is 0 Å². The smallest absolute Gasteiger partial charge is 0.0453 e. The van der Waals surface area contributed by atoms with Crippen molar-refractivity contribution in [1.82, 2.24) is 4.98 Å². The highest BCUT2D eigenvalue weighted by molar-refractivity contribution is 5.95. The molecule has 3 rings (SSSR count). The Hall–Kier alpha value is -2.84. The van der Waals surface area contributed by atoms with Gasteiger partial charge in [0.1, 0.15) is 0 Å². The van der Waals surface area contributed by atoms with E-state index in [4.69, 9.17) is 5.53 Å². The number of rotatable bonds is 2. The fourth-order valence-corrected chi connectivity index (χ4v) is 2.70. The molecule has 1 heterocycles. The van der Waals surface area contributed by atoms with Gasteiger partial charge in [-0.1, -0.05) is 35.4 Å². The normalized spacial score (nSPS) is 10.4. The van der Waals surface area contributed by atoms with Crippen LogP contribution in [0.25, 0.3) is 32.3 Å². The van der Waals surface area contributed by atoms with Gasteiger partial charge < -0.3 is 0 Å². The van der Waals surface area contributed by atoms with Crippen LogP contribution in [0, 0.1) is 13.8 Å². The first kappa shape index (κ1) is 13.2. The molecule has 0 saturated heterocycles. The molecule has 4 heteroatoms.